The van der Waals surface area contributed by atoms with Crippen molar-refractivity contribution in [3.05, 3.63) is 29.3 Å². The topological polar surface area (TPSA) is 72.8 Å². The number of unbranched alkanes of at least 4 members (excludes halogenated alkanes) is 5. The summed E-state index contributed by atoms with van der Waals surface area (Å²) in [6.45, 7) is 2.61. The molecule has 0 unspecified atom stereocenters. The van der Waals surface area contributed by atoms with Gasteiger partial charge in [-0.05, 0) is 18.6 Å². The van der Waals surface area contributed by atoms with Crippen LogP contribution in [0.5, 0.6) is 5.75 Å². The molecule has 0 spiro atoms. The van der Waals surface area contributed by atoms with Crippen molar-refractivity contribution in [3.63, 3.8) is 0 Å². The number of carboxylic acids is 1. The third kappa shape index (κ3) is 5.39. The monoisotopic (exact) mass is 308 g/mol. The molecule has 122 valence electrons. The molecule has 1 aromatic carbocycles. The lowest BCUT2D eigenvalue weighted by Gasteiger charge is -2.11. The predicted molar refractivity (Wildman–Crippen MR) is 83.6 cm³/mol. The van der Waals surface area contributed by atoms with Gasteiger partial charge in [0.05, 0.1) is 19.3 Å². The lowest BCUT2D eigenvalue weighted by Crippen LogP contribution is -2.12. The summed E-state index contributed by atoms with van der Waals surface area (Å²) < 4.78 is 10.2. The molecule has 0 saturated heterocycles. The van der Waals surface area contributed by atoms with Crippen LogP contribution in [-0.4, -0.2) is 30.8 Å². The molecule has 22 heavy (non-hydrogen) atoms. The molecule has 0 atom stereocenters. The molecule has 0 aliphatic carbocycles. The van der Waals surface area contributed by atoms with E-state index in [-0.39, 0.29) is 16.9 Å². The number of hydrogen-bond donors (Lipinski definition) is 1. The Labute approximate surface area is 131 Å². The van der Waals surface area contributed by atoms with Crippen LogP contribution in [0, 0.1) is 0 Å². The highest BCUT2D eigenvalue weighted by Crippen LogP contribution is 2.23. The molecule has 0 bridgehead atoms. The summed E-state index contributed by atoms with van der Waals surface area (Å²) in [6, 6.07) is 4.58. The van der Waals surface area contributed by atoms with Crippen LogP contribution in [0.15, 0.2) is 18.2 Å². The number of rotatable bonds is 10. The fourth-order valence-electron chi connectivity index (χ4n) is 2.22. The van der Waals surface area contributed by atoms with E-state index < -0.39 is 11.9 Å². The van der Waals surface area contributed by atoms with Gasteiger partial charge in [0, 0.05) is 0 Å². The lowest BCUT2D eigenvalue weighted by atomic mass is 10.1. The molecule has 5 nitrogen and oxygen atoms in total. The zero-order chi connectivity index (χ0) is 16.4. The molecule has 0 radical (unpaired) electrons. The summed E-state index contributed by atoms with van der Waals surface area (Å²) in [5.74, 6) is -1.66. The summed E-state index contributed by atoms with van der Waals surface area (Å²) in [5.41, 5.74) is -0.129. The lowest BCUT2D eigenvalue weighted by molar-refractivity contribution is 0.0580. The van der Waals surface area contributed by atoms with Gasteiger partial charge in [0.25, 0.3) is 0 Å². The Morgan fingerprint density at radius 2 is 1.77 bits per heavy atom. The van der Waals surface area contributed by atoms with Gasteiger partial charge >= 0.3 is 11.9 Å². The van der Waals surface area contributed by atoms with Crippen molar-refractivity contribution in [2.45, 2.75) is 45.4 Å². The number of ether oxygens (including phenoxy) is 2. The standard InChI is InChI=1S/C17H24O5/c1-3-4-5-6-7-8-12-22-14-11-9-10-13(17(20)21-2)15(14)16(18)19/h9-11H,3-8,12H2,1-2H3,(H,18,19). The van der Waals surface area contributed by atoms with E-state index in [1.165, 1.54) is 32.4 Å². The average molecular weight is 308 g/mol. The number of carbonyl (C=O) groups excluding carboxylic acids is 1. The summed E-state index contributed by atoms with van der Waals surface area (Å²) in [7, 11) is 1.22. The zero-order valence-corrected chi connectivity index (χ0v) is 13.3. The average Bonchev–Trinajstić information content (AvgIpc) is 2.52. The first-order valence-electron chi connectivity index (χ1n) is 7.69. The Morgan fingerprint density at radius 1 is 1.09 bits per heavy atom. The van der Waals surface area contributed by atoms with Gasteiger partial charge in [0.1, 0.15) is 11.3 Å². The smallest absolute Gasteiger partial charge is 0.340 e. The third-order valence-electron chi connectivity index (χ3n) is 3.40. The number of carbonyl (C=O) groups is 2. The molecule has 0 heterocycles. The second-order valence-corrected chi connectivity index (χ2v) is 5.09. The summed E-state index contributed by atoms with van der Waals surface area (Å²) in [4.78, 5) is 23.0. The second-order valence-electron chi connectivity index (χ2n) is 5.09. The van der Waals surface area contributed by atoms with E-state index in [2.05, 4.69) is 11.7 Å². The Kier molecular flexibility index (Phi) is 8.04. The number of carboxylic acid groups (broad SMARTS) is 1. The fourth-order valence-corrected chi connectivity index (χ4v) is 2.22. The predicted octanol–water partition coefficient (Wildman–Crippen LogP) is 3.91. The van der Waals surface area contributed by atoms with E-state index in [1.807, 2.05) is 0 Å². The Morgan fingerprint density at radius 3 is 2.41 bits per heavy atom. The SMILES string of the molecule is CCCCCCCCOc1cccc(C(=O)OC)c1C(=O)O. The molecule has 0 amide bonds. The highest BCUT2D eigenvalue weighted by atomic mass is 16.5. The Balaban J connectivity index is 2.63. The molecule has 1 aromatic rings. The van der Waals surface area contributed by atoms with Gasteiger partial charge < -0.3 is 14.6 Å². The van der Waals surface area contributed by atoms with Crippen LogP contribution in [-0.2, 0) is 4.74 Å². The van der Waals surface area contributed by atoms with Crippen LogP contribution < -0.4 is 4.74 Å². The minimum atomic E-state index is -1.20. The van der Waals surface area contributed by atoms with Crippen LogP contribution in [0.4, 0.5) is 0 Å². The van der Waals surface area contributed by atoms with Crippen LogP contribution in [0.3, 0.4) is 0 Å². The molecule has 0 saturated carbocycles. The van der Waals surface area contributed by atoms with Crippen LogP contribution in [0.25, 0.3) is 0 Å². The normalized spacial score (nSPS) is 10.3. The van der Waals surface area contributed by atoms with Crippen LogP contribution in [0.1, 0.15) is 66.2 Å². The van der Waals surface area contributed by atoms with Gasteiger partial charge in [0.15, 0.2) is 0 Å². The van der Waals surface area contributed by atoms with E-state index in [1.54, 1.807) is 12.1 Å². The Bertz CT molecular complexity index is 496. The number of aromatic carboxylic acids is 1. The highest BCUT2D eigenvalue weighted by Gasteiger charge is 2.21. The van der Waals surface area contributed by atoms with Gasteiger partial charge in [0.2, 0.25) is 0 Å². The van der Waals surface area contributed by atoms with E-state index in [4.69, 9.17) is 4.74 Å². The first kappa shape index (κ1) is 18.0. The molecule has 0 aromatic heterocycles. The molecule has 0 fully saturated rings. The largest absolute Gasteiger partial charge is 0.493 e. The number of esters is 1. The first-order valence-corrected chi connectivity index (χ1v) is 7.69. The maximum Gasteiger partial charge on any atom is 0.340 e. The molecule has 1 rings (SSSR count). The van der Waals surface area contributed by atoms with Crippen molar-refractivity contribution < 1.29 is 24.2 Å². The van der Waals surface area contributed by atoms with Crippen LogP contribution in [0.2, 0.25) is 0 Å². The van der Waals surface area contributed by atoms with E-state index in [9.17, 15) is 14.7 Å². The zero-order valence-electron chi connectivity index (χ0n) is 13.3. The van der Waals surface area contributed by atoms with Crippen molar-refractivity contribution in [3.8, 4) is 5.75 Å². The summed E-state index contributed by atoms with van der Waals surface area (Å²) in [5, 5.41) is 9.30. The maximum absolute atomic E-state index is 11.6. The molecular weight excluding hydrogens is 284 g/mol. The van der Waals surface area contributed by atoms with Gasteiger partial charge in [-0.3, -0.25) is 0 Å². The maximum atomic E-state index is 11.6. The van der Waals surface area contributed by atoms with Crippen molar-refractivity contribution in [2.24, 2.45) is 0 Å². The number of methoxy groups -OCH3 is 1. The van der Waals surface area contributed by atoms with E-state index >= 15 is 0 Å². The summed E-state index contributed by atoms with van der Waals surface area (Å²) in [6.07, 6.45) is 6.74. The minimum absolute atomic E-state index is 0.00967. The van der Waals surface area contributed by atoms with Gasteiger partial charge in [-0.25, -0.2) is 9.59 Å². The third-order valence-corrected chi connectivity index (χ3v) is 3.40. The van der Waals surface area contributed by atoms with Crippen molar-refractivity contribution in [1.29, 1.82) is 0 Å². The minimum Gasteiger partial charge on any atom is -0.493 e. The molecular formula is C17H24O5. The molecule has 0 aliphatic heterocycles. The van der Waals surface area contributed by atoms with Gasteiger partial charge in [-0.15, -0.1) is 0 Å². The van der Waals surface area contributed by atoms with Crippen molar-refractivity contribution in [2.75, 3.05) is 13.7 Å². The second kappa shape index (κ2) is 9.82. The van der Waals surface area contributed by atoms with Gasteiger partial charge in [-0.1, -0.05) is 45.1 Å². The van der Waals surface area contributed by atoms with E-state index in [0.29, 0.717) is 6.61 Å². The van der Waals surface area contributed by atoms with Crippen molar-refractivity contribution >= 4 is 11.9 Å². The van der Waals surface area contributed by atoms with Crippen LogP contribution >= 0.6 is 0 Å². The first-order chi connectivity index (χ1) is 10.6. The molecule has 0 aliphatic rings. The summed E-state index contributed by atoms with van der Waals surface area (Å²) >= 11 is 0. The van der Waals surface area contributed by atoms with Crippen molar-refractivity contribution in [1.82, 2.24) is 0 Å². The molecule has 5 heteroatoms. The Hall–Kier alpha value is -2.04. The quantitative estimate of drug-likeness (QED) is 0.524. The highest BCUT2D eigenvalue weighted by molar-refractivity contribution is 6.04. The fraction of sp³-hybridized carbons (Fsp3) is 0.529. The molecule has 1 N–H and O–H groups in total. The number of hydrogen-bond acceptors (Lipinski definition) is 4. The van der Waals surface area contributed by atoms with Gasteiger partial charge in [-0.2, -0.15) is 0 Å². The van der Waals surface area contributed by atoms with E-state index in [0.717, 1.165) is 19.3 Å². The number of benzene rings is 1.